The molecule has 0 radical (unpaired) electrons. The van der Waals surface area contributed by atoms with Gasteiger partial charge in [-0.2, -0.15) is 0 Å². The first-order chi connectivity index (χ1) is 8.94. The van der Waals surface area contributed by atoms with E-state index in [0.717, 1.165) is 11.3 Å². The molecule has 0 unspecified atom stereocenters. The van der Waals surface area contributed by atoms with Gasteiger partial charge < -0.3 is 10.4 Å². The fourth-order valence-corrected chi connectivity index (χ4v) is 2.34. The van der Waals surface area contributed by atoms with Gasteiger partial charge in [-0.15, -0.1) is 0 Å². The van der Waals surface area contributed by atoms with Crippen LogP contribution in [0.1, 0.15) is 38.5 Å². The Morgan fingerprint density at radius 2 is 1.79 bits per heavy atom. The third kappa shape index (κ3) is 2.59. The van der Waals surface area contributed by atoms with Crippen LogP contribution in [0.15, 0.2) is 0 Å². The van der Waals surface area contributed by atoms with Crippen molar-refractivity contribution in [2.24, 2.45) is 0 Å². The van der Waals surface area contributed by atoms with Crippen molar-refractivity contribution in [3.8, 4) is 0 Å². The molecule has 104 valence electrons. The Labute approximate surface area is 109 Å². The van der Waals surface area contributed by atoms with E-state index in [2.05, 4.69) is 5.32 Å². The lowest BCUT2D eigenvalue weighted by atomic mass is 9.76. The van der Waals surface area contributed by atoms with E-state index in [-0.39, 0.29) is 37.6 Å². The Hall–Kier alpha value is -1.92. The summed E-state index contributed by atoms with van der Waals surface area (Å²) < 4.78 is 0. The van der Waals surface area contributed by atoms with Crippen LogP contribution in [0, 0.1) is 0 Å². The number of carbonyl (C=O) groups excluding carboxylic acids is 3. The quantitative estimate of drug-likeness (QED) is 0.663. The number of carboxylic acids is 1. The largest absolute Gasteiger partial charge is 0.480 e. The standard InChI is InChI=1S/C12H16N2O5/c15-8(13-12(11(18)19)5-1-6-12)4-7-14-9(16)2-3-10(14)17/h1-7H2,(H,13,15)(H,18,19). The van der Waals surface area contributed by atoms with Crippen LogP contribution in [0.25, 0.3) is 0 Å². The molecule has 0 aromatic carbocycles. The molecule has 0 aromatic heterocycles. The highest BCUT2D eigenvalue weighted by atomic mass is 16.4. The average Bonchev–Trinajstić information content (AvgIpc) is 2.61. The predicted molar refractivity (Wildman–Crippen MR) is 62.9 cm³/mol. The monoisotopic (exact) mass is 268 g/mol. The van der Waals surface area contributed by atoms with Gasteiger partial charge in [0, 0.05) is 25.8 Å². The highest BCUT2D eigenvalue weighted by Crippen LogP contribution is 2.32. The van der Waals surface area contributed by atoms with Crippen LogP contribution in [-0.2, 0) is 19.2 Å². The second-order valence-electron chi connectivity index (χ2n) is 4.98. The van der Waals surface area contributed by atoms with Gasteiger partial charge in [0.15, 0.2) is 0 Å². The number of carboxylic acid groups (broad SMARTS) is 1. The zero-order valence-electron chi connectivity index (χ0n) is 10.5. The van der Waals surface area contributed by atoms with E-state index >= 15 is 0 Å². The van der Waals surface area contributed by atoms with Gasteiger partial charge in [0.25, 0.3) is 0 Å². The molecule has 1 heterocycles. The molecule has 3 amide bonds. The van der Waals surface area contributed by atoms with E-state index in [9.17, 15) is 19.2 Å². The molecule has 7 heteroatoms. The maximum atomic E-state index is 11.7. The number of nitrogens with one attached hydrogen (secondary N) is 1. The topological polar surface area (TPSA) is 104 Å². The Balaban J connectivity index is 1.83. The molecule has 1 aliphatic heterocycles. The number of hydrogen-bond acceptors (Lipinski definition) is 4. The van der Waals surface area contributed by atoms with E-state index in [1.807, 2.05) is 0 Å². The summed E-state index contributed by atoms with van der Waals surface area (Å²) in [6.07, 6.45) is 1.96. The van der Waals surface area contributed by atoms with Gasteiger partial charge in [0.2, 0.25) is 17.7 Å². The van der Waals surface area contributed by atoms with Gasteiger partial charge in [-0.05, 0) is 19.3 Å². The molecule has 2 rings (SSSR count). The third-order valence-corrected chi connectivity index (χ3v) is 3.71. The highest BCUT2D eigenvalue weighted by molar-refractivity contribution is 6.02. The Kier molecular flexibility index (Phi) is 3.55. The zero-order valence-corrected chi connectivity index (χ0v) is 10.5. The molecule has 2 fully saturated rings. The number of carbonyl (C=O) groups is 4. The second-order valence-corrected chi connectivity index (χ2v) is 4.98. The second kappa shape index (κ2) is 4.99. The Bertz CT molecular complexity index is 425. The summed E-state index contributed by atoms with van der Waals surface area (Å²) in [6, 6.07) is 0. The highest BCUT2D eigenvalue weighted by Gasteiger charge is 2.45. The van der Waals surface area contributed by atoms with Gasteiger partial charge in [0.1, 0.15) is 5.54 Å². The molecule has 0 bridgehead atoms. The fourth-order valence-electron chi connectivity index (χ4n) is 2.34. The summed E-state index contributed by atoms with van der Waals surface area (Å²) in [5.74, 6) is -2.00. The lowest BCUT2D eigenvalue weighted by Gasteiger charge is -2.38. The molecular formula is C12H16N2O5. The summed E-state index contributed by atoms with van der Waals surface area (Å²) in [5, 5.41) is 11.6. The first-order valence-electron chi connectivity index (χ1n) is 6.32. The van der Waals surface area contributed by atoms with E-state index in [4.69, 9.17) is 5.11 Å². The zero-order chi connectivity index (χ0) is 14.0. The van der Waals surface area contributed by atoms with Crippen molar-refractivity contribution >= 4 is 23.7 Å². The van der Waals surface area contributed by atoms with E-state index in [1.165, 1.54) is 0 Å². The van der Waals surface area contributed by atoms with Crippen LogP contribution in [0.3, 0.4) is 0 Å². The molecule has 2 aliphatic rings. The third-order valence-electron chi connectivity index (χ3n) is 3.71. The van der Waals surface area contributed by atoms with Gasteiger partial charge >= 0.3 is 5.97 Å². The molecular weight excluding hydrogens is 252 g/mol. The molecule has 1 saturated carbocycles. The predicted octanol–water partition coefficient (Wildman–Crippen LogP) is -0.351. The van der Waals surface area contributed by atoms with E-state index in [1.54, 1.807) is 0 Å². The van der Waals surface area contributed by atoms with Crippen LogP contribution in [-0.4, -0.2) is 45.8 Å². The van der Waals surface area contributed by atoms with Crippen molar-refractivity contribution in [1.29, 1.82) is 0 Å². The van der Waals surface area contributed by atoms with Crippen LogP contribution >= 0.6 is 0 Å². The van der Waals surface area contributed by atoms with Gasteiger partial charge in [-0.1, -0.05) is 0 Å². The SMILES string of the molecule is O=C(CCN1C(=O)CCC1=O)NC1(C(=O)O)CCC1. The molecule has 0 atom stereocenters. The van der Waals surface area contributed by atoms with Crippen molar-refractivity contribution in [3.63, 3.8) is 0 Å². The Morgan fingerprint density at radius 1 is 1.21 bits per heavy atom. The number of hydrogen-bond donors (Lipinski definition) is 2. The molecule has 2 N–H and O–H groups in total. The summed E-state index contributed by atoms with van der Waals surface area (Å²) >= 11 is 0. The van der Waals surface area contributed by atoms with Crippen molar-refractivity contribution in [2.75, 3.05) is 6.54 Å². The maximum Gasteiger partial charge on any atom is 0.329 e. The summed E-state index contributed by atoms with van der Waals surface area (Å²) in [6.45, 7) is 0.0270. The van der Waals surface area contributed by atoms with Crippen molar-refractivity contribution in [1.82, 2.24) is 10.2 Å². The summed E-state index contributed by atoms with van der Waals surface area (Å²) in [5.41, 5.74) is -1.14. The lowest BCUT2D eigenvalue weighted by molar-refractivity contribution is -0.152. The van der Waals surface area contributed by atoms with Gasteiger partial charge in [-0.25, -0.2) is 4.79 Å². The van der Waals surface area contributed by atoms with Crippen LogP contribution in [0.5, 0.6) is 0 Å². The van der Waals surface area contributed by atoms with Crippen LogP contribution in [0.2, 0.25) is 0 Å². The fraction of sp³-hybridized carbons (Fsp3) is 0.667. The Morgan fingerprint density at radius 3 is 2.21 bits per heavy atom. The minimum Gasteiger partial charge on any atom is -0.480 e. The van der Waals surface area contributed by atoms with Crippen LogP contribution < -0.4 is 5.32 Å². The lowest BCUT2D eigenvalue weighted by Crippen LogP contribution is -2.59. The molecule has 0 aromatic rings. The van der Waals surface area contributed by atoms with E-state index < -0.39 is 17.4 Å². The molecule has 7 nitrogen and oxygen atoms in total. The summed E-state index contributed by atoms with van der Waals surface area (Å²) in [7, 11) is 0. The number of rotatable bonds is 5. The van der Waals surface area contributed by atoms with Crippen molar-refractivity contribution in [2.45, 2.75) is 44.1 Å². The molecule has 1 aliphatic carbocycles. The van der Waals surface area contributed by atoms with Gasteiger partial charge in [-0.3, -0.25) is 19.3 Å². The van der Waals surface area contributed by atoms with Gasteiger partial charge in [0.05, 0.1) is 0 Å². The number of imide groups is 1. The number of nitrogens with zero attached hydrogens (tertiary/aromatic N) is 1. The number of likely N-dealkylation sites (tertiary alicyclic amines) is 1. The van der Waals surface area contributed by atoms with Crippen LogP contribution in [0.4, 0.5) is 0 Å². The normalized spacial score (nSPS) is 21.2. The van der Waals surface area contributed by atoms with E-state index in [0.29, 0.717) is 12.8 Å². The smallest absolute Gasteiger partial charge is 0.329 e. The van der Waals surface area contributed by atoms with Crippen molar-refractivity contribution in [3.05, 3.63) is 0 Å². The maximum absolute atomic E-state index is 11.7. The minimum absolute atomic E-state index is 0.0270. The minimum atomic E-state index is -1.14. The number of aliphatic carboxylic acids is 1. The first-order valence-corrected chi connectivity index (χ1v) is 6.32. The molecule has 0 spiro atoms. The van der Waals surface area contributed by atoms with Crippen molar-refractivity contribution < 1.29 is 24.3 Å². The number of amides is 3. The first kappa shape index (κ1) is 13.5. The molecule has 19 heavy (non-hydrogen) atoms. The average molecular weight is 268 g/mol. The summed E-state index contributed by atoms with van der Waals surface area (Å²) in [4.78, 5) is 46.5. The molecule has 1 saturated heterocycles.